The zero-order valence-electron chi connectivity index (χ0n) is 17.9. The molecule has 0 spiro atoms. The van der Waals surface area contributed by atoms with Gasteiger partial charge < -0.3 is 15.2 Å². The molecule has 1 aromatic carbocycles. The number of aromatic nitrogens is 4. The van der Waals surface area contributed by atoms with Crippen LogP contribution in [0.5, 0.6) is 0 Å². The van der Waals surface area contributed by atoms with Gasteiger partial charge in [0.15, 0.2) is 0 Å². The van der Waals surface area contributed by atoms with Crippen LogP contribution in [0.4, 0.5) is 17.7 Å². The van der Waals surface area contributed by atoms with E-state index in [0.717, 1.165) is 55.0 Å². The van der Waals surface area contributed by atoms with Gasteiger partial charge in [-0.05, 0) is 58.5 Å². The predicted molar refractivity (Wildman–Crippen MR) is 126 cm³/mol. The van der Waals surface area contributed by atoms with Crippen molar-refractivity contribution in [3.8, 4) is 0 Å². The number of imidazole rings is 1. The van der Waals surface area contributed by atoms with Crippen LogP contribution in [-0.2, 0) is 0 Å². The molecule has 0 amide bonds. The molecule has 9 heteroatoms. The van der Waals surface area contributed by atoms with E-state index in [4.69, 9.17) is 23.2 Å². The molecule has 1 atom stereocenters. The highest BCUT2D eigenvalue weighted by molar-refractivity contribution is 6.42. The summed E-state index contributed by atoms with van der Waals surface area (Å²) in [5, 5.41) is 7.57. The number of H-pyrrole nitrogens is 1. The minimum absolute atomic E-state index is 0.318. The largest absolute Gasteiger partial charge is 0.367 e. The number of rotatable bonds is 10. The maximum Gasteiger partial charge on any atom is 0.231 e. The number of hydrogen-bond donors (Lipinski definition) is 3. The van der Waals surface area contributed by atoms with Gasteiger partial charge in [0.1, 0.15) is 5.82 Å². The van der Waals surface area contributed by atoms with Gasteiger partial charge in [-0.25, -0.2) is 9.97 Å². The van der Waals surface area contributed by atoms with E-state index in [9.17, 15) is 0 Å². The van der Waals surface area contributed by atoms with Crippen molar-refractivity contribution in [3.63, 3.8) is 0 Å². The second-order valence-electron chi connectivity index (χ2n) is 7.43. The first-order valence-electron chi connectivity index (χ1n) is 10.3. The summed E-state index contributed by atoms with van der Waals surface area (Å²) in [6, 6.07) is 5.74. The van der Waals surface area contributed by atoms with Crippen molar-refractivity contribution in [2.45, 2.75) is 46.6 Å². The highest BCUT2D eigenvalue weighted by Gasteiger charge is 2.11. The van der Waals surface area contributed by atoms with Crippen molar-refractivity contribution in [1.29, 1.82) is 0 Å². The Morgan fingerprint density at radius 1 is 1.07 bits per heavy atom. The Labute approximate surface area is 187 Å². The van der Waals surface area contributed by atoms with E-state index < -0.39 is 0 Å². The molecule has 30 heavy (non-hydrogen) atoms. The van der Waals surface area contributed by atoms with E-state index in [1.54, 1.807) is 12.1 Å². The summed E-state index contributed by atoms with van der Waals surface area (Å²) in [5.41, 5.74) is 2.38. The lowest BCUT2D eigenvalue weighted by molar-refractivity contribution is 0.295. The van der Waals surface area contributed by atoms with E-state index in [0.29, 0.717) is 28.0 Å². The number of halogens is 2. The maximum absolute atomic E-state index is 6.08. The summed E-state index contributed by atoms with van der Waals surface area (Å²) >= 11 is 12.2. The molecular formula is C21H29Cl2N7. The van der Waals surface area contributed by atoms with Crippen molar-refractivity contribution in [1.82, 2.24) is 24.8 Å². The smallest absolute Gasteiger partial charge is 0.231 e. The summed E-state index contributed by atoms with van der Waals surface area (Å²) in [6.07, 6.45) is 2.22. The Bertz CT molecular complexity index is 946. The molecule has 0 aliphatic carbocycles. The Hall–Kier alpha value is -2.09. The SMILES string of the molecule is CCN(CC)CCC[C@@H](C)Nc1cc(C)nc(Nc2nc3cc(Cl)c(Cl)cc3[nH]2)n1. The molecule has 0 unspecified atom stereocenters. The fourth-order valence-corrected chi connectivity index (χ4v) is 3.68. The maximum atomic E-state index is 6.08. The third-order valence-corrected chi connectivity index (χ3v) is 5.73. The van der Waals surface area contributed by atoms with Gasteiger partial charge in [-0.3, -0.25) is 5.32 Å². The monoisotopic (exact) mass is 449 g/mol. The van der Waals surface area contributed by atoms with Gasteiger partial charge in [0, 0.05) is 17.8 Å². The van der Waals surface area contributed by atoms with E-state index in [2.05, 4.69) is 56.2 Å². The van der Waals surface area contributed by atoms with Crippen molar-refractivity contribution >= 4 is 51.9 Å². The third kappa shape index (κ3) is 5.97. The molecule has 0 fully saturated rings. The van der Waals surface area contributed by atoms with Crippen LogP contribution in [0.3, 0.4) is 0 Å². The normalized spacial score (nSPS) is 12.5. The van der Waals surface area contributed by atoms with E-state index >= 15 is 0 Å². The number of anilines is 3. The molecule has 7 nitrogen and oxygen atoms in total. The van der Waals surface area contributed by atoms with Gasteiger partial charge in [0.2, 0.25) is 11.9 Å². The molecule has 0 aliphatic heterocycles. The van der Waals surface area contributed by atoms with Gasteiger partial charge in [0.05, 0.1) is 21.1 Å². The van der Waals surface area contributed by atoms with Crippen molar-refractivity contribution in [2.24, 2.45) is 0 Å². The first-order valence-corrected chi connectivity index (χ1v) is 11.1. The van der Waals surface area contributed by atoms with Crippen LogP contribution >= 0.6 is 23.2 Å². The number of benzene rings is 1. The second kappa shape index (κ2) is 10.3. The Morgan fingerprint density at radius 3 is 2.53 bits per heavy atom. The molecule has 162 valence electrons. The fraction of sp³-hybridized carbons (Fsp3) is 0.476. The first-order chi connectivity index (χ1) is 14.4. The van der Waals surface area contributed by atoms with Crippen LogP contribution < -0.4 is 10.6 Å². The summed E-state index contributed by atoms with van der Waals surface area (Å²) in [5.74, 6) is 1.80. The van der Waals surface area contributed by atoms with Gasteiger partial charge in [-0.15, -0.1) is 0 Å². The Balaban J connectivity index is 1.65. The molecule has 0 radical (unpaired) electrons. The molecule has 2 aromatic heterocycles. The van der Waals surface area contributed by atoms with E-state index in [1.807, 2.05) is 13.0 Å². The summed E-state index contributed by atoms with van der Waals surface area (Å²) < 4.78 is 0. The van der Waals surface area contributed by atoms with Crippen LogP contribution in [0.1, 0.15) is 39.3 Å². The predicted octanol–water partition coefficient (Wildman–Crippen LogP) is 5.63. The van der Waals surface area contributed by atoms with Gasteiger partial charge in [0.25, 0.3) is 0 Å². The van der Waals surface area contributed by atoms with Crippen molar-refractivity contribution in [3.05, 3.63) is 33.9 Å². The van der Waals surface area contributed by atoms with E-state index in [1.165, 1.54) is 0 Å². The van der Waals surface area contributed by atoms with Gasteiger partial charge in [-0.2, -0.15) is 4.98 Å². The molecule has 3 N–H and O–H groups in total. The number of hydrogen-bond acceptors (Lipinski definition) is 6. The topological polar surface area (TPSA) is 81.8 Å². The molecular weight excluding hydrogens is 421 g/mol. The summed E-state index contributed by atoms with van der Waals surface area (Å²) in [6.45, 7) is 11.8. The molecule has 0 saturated heterocycles. The van der Waals surface area contributed by atoms with Crippen LogP contribution in [0.15, 0.2) is 18.2 Å². The van der Waals surface area contributed by atoms with Crippen LogP contribution in [0, 0.1) is 6.92 Å². The molecule has 3 rings (SSSR count). The number of nitrogens with one attached hydrogen (secondary N) is 3. The van der Waals surface area contributed by atoms with Crippen LogP contribution in [-0.4, -0.2) is 50.5 Å². The third-order valence-electron chi connectivity index (χ3n) is 5.01. The Kier molecular flexibility index (Phi) is 7.75. The number of aromatic amines is 1. The average molecular weight is 450 g/mol. The van der Waals surface area contributed by atoms with Gasteiger partial charge in [-0.1, -0.05) is 37.0 Å². The lowest BCUT2D eigenvalue weighted by atomic mass is 10.1. The fourth-order valence-electron chi connectivity index (χ4n) is 3.35. The lowest BCUT2D eigenvalue weighted by Crippen LogP contribution is -2.25. The molecule has 3 aromatic rings. The quantitative estimate of drug-likeness (QED) is 0.371. The second-order valence-corrected chi connectivity index (χ2v) is 8.24. The summed E-state index contributed by atoms with van der Waals surface area (Å²) in [7, 11) is 0. The van der Waals surface area contributed by atoms with Crippen molar-refractivity contribution in [2.75, 3.05) is 30.3 Å². The molecule has 0 aliphatic rings. The lowest BCUT2D eigenvalue weighted by Gasteiger charge is -2.20. The highest BCUT2D eigenvalue weighted by Crippen LogP contribution is 2.28. The Morgan fingerprint density at radius 2 is 1.80 bits per heavy atom. The van der Waals surface area contributed by atoms with Gasteiger partial charge >= 0.3 is 0 Å². The number of fused-ring (bicyclic) bond motifs is 1. The van der Waals surface area contributed by atoms with Crippen LogP contribution in [0.25, 0.3) is 11.0 Å². The molecule has 0 bridgehead atoms. The first kappa shape index (κ1) is 22.6. The summed E-state index contributed by atoms with van der Waals surface area (Å²) in [4.78, 5) is 19.2. The number of aryl methyl sites for hydroxylation is 1. The standard InChI is InChI=1S/C21H29Cl2N7/c1-5-30(6-2)9-7-8-13(3)24-19-10-14(4)25-20(28-19)29-21-26-17-11-15(22)16(23)12-18(17)27-21/h10-13H,5-9H2,1-4H3,(H3,24,25,26,27,28,29)/t13-/m1/s1. The van der Waals surface area contributed by atoms with E-state index in [-0.39, 0.29) is 0 Å². The van der Waals surface area contributed by atoms with Crippen LogP contribution in [0.2, 0.25) is 10.0 Å². The highest BCUT2D eigenvalue weighted by atomic mass is 35.5. The average Bonchev–Trinajstić information content (AvgIpc) is 3.05. The van der Waals surface area contributed by atoms with Crippen molar-refractivity contribution < 1.29 is 0 Å². The minimum Gasteiger partial charge on any atom is -0.367 e. The molecule has 0 saturated carbocycles. The zero-order valence-corrected chi connectivity index (χ0v) is 19.4. The zero-order chi connectivity index (χ0) is 21.7. The number of nitrogens with zero attached hydrogens (tertiary/aromatic N) is 4. The molecule has 2 heterocycles. The minimum atomic E-state index is 0.318.